The Morgan fingerprint density at radius 3 is 1.27 bits per heavy atom. The molecule has 0 aliphatic heterocycles. The van der Waals surface area contributed by atoms with Crippen molar-refractivity contribution in [2.45, 2.75) is 13.8 Å². The average molecular weight is 236 g/mol. The Labute approximate surface area is 85.5 Å². The van der Waals surface area contributed by atoms with Gasteiger partial charge in [0, 0.05) is 0 Å². The third-order valence-corrected chi connectivity index (χ3v) is 1.90. The lowest BCUT2D eigenvalue weighted by Gasteiger charge is -2.04. The number of hydrogen-bond donors (Lipinski definition) is 0. The van der Waals surface area contributed by atoms with E-state index in [0.717, 1.165) is 0 Å². The van der Waals surface area contributed by atoms with Crippen LogP contribution < -0.4 is 0 Å². The summed E-state index contributed by atoms with van der Waals surface area (Å²) in [6, 6.07) is 0. The lowest BCUT2D eigenvalue weighted by atomic mass is 10.6. The normalized spacial score (nSPS) is 8.91. The van der Waals surface area contributed by atoms with Crippen LogP contribution in [0.2, 0.25) is 0 Å². The minimum atomic E-state index is 0.0546. The summed E-state index contributed by atoms with van der Waals surface area (Å²) in [5, 5.41) is 0. The third-order valence-electron chi connectivity index (χ3n) is 0.838. The van der Waals surface area contributed by atoms with Crippen molar-refractivity contribution in [1.82, 2.24) is 0 Å². The summed E-state index contributed by atoms with van der Waals surface area (Å²) in [7, 11) is 0. The van der Waals surface area contributed by atoms with E-state index < -0.39 is 0 Å². The SMILES string of the molecule is CC(OC(C)=C(Cl)Cl)=C(Cl)Cl. The molecule has 0 aromatic rings. The first-order chi connectivity index (χ1) is 4.95. The first-order valence-corrected chi connectivity index (χ1v) is 4.18. The molecule has 11 heavy (non-hydrogen) atoms. The van der Waals surface area contributed by atoms with E-state index in [4.69, 9.17) is 51.1 Å². The zero-order valence-corrected chi connectivity index (χ0v) is 8.94. The first kappa shape index (κ1) is 11.4. The second-order valence-electron chi connectivity index (χ2n) is 1.74. The molecule has 0 saturated heterocycles. The Balaban J connectivity index is 4.30. The molecule has 0 bridgehead atoms. The molecule has 0 aliphatic rings. The second kappa shape index (κ2) is 5.15. The van der Waals surface area contributed by atoms with Crippen LogP contribution >= 0.6 is 46.4 Å². The van der Waals surface area contributed by atoms with Crippen LogP contribution in [0.3, 0.4) is 0 Å². The van der Waals surface area contributed by atoms with Crippen molar-refractivity contribution in [3.8, 4) is 0 Å². The molecule has 0 aliphatic carbocycles. The van der Waals surface area contributed by atoms with Gasteiger partial charge in [0.1, 0.15) is 20.5 Å². The van der Waals surface area contributed by atoms with Gasteiger partial charge >= 0.3 is 0 Å². The first-order valence-electron chi connectivity index (χ1n) is 2.66. The van der Waals surface area contributed by atoms with E-state index in [9.17, 15) is 0 Å². The molecule has 0 aromatic carbocycles. The molecule has 0 amide bonds. The van der Waals surface area contributed by atoms with Gasteiger partial charge in [0.15, 0.2) is 0 Å². The molecule has 1 nitrogen and oxygen atoms in total. The van der Waals surface area contributed by atoms with Gasteiger partial charge in [0.2, 0.25) is 0 Å². The molecule has 0 spiro atoms. The predicted molar refractivity (Wildman–Crippen MR) is 49.9 cm³/mol. The van der Waals surface area contributed by atoms with E-state index >= 15 is 0 Å². The molecule has 0 N–H and O–H groups in total. The van der Waals surface area contributed by atoms with Crippen LogP contribution in [0.5, 0.6) is 0 Å². The molecular formula is C6H6Cl4O. The maximum absolute atomic E-state index is 5.39. The fraction of sp³-hybridized carbons (Fsp3) is 0.333. The van der Waals surface area contributed by atoms with E-state index in [-0.39, 0.29) is 8.98 Å². The Kier molecular flexibility index (Phi) is 5.36. The van der Waals surface area contributed by atoms with Gasteiger partial charge in [-0.25, -0.2) is 0 Å². The van der Waals surface area contributed by atoms with Crippen LogP contribution in [-0.4, -0.2) is 0 Å². The second-order valence-corrected chi connectivity index (χ2v) is 3.63. The van der Waals surface area contributed by atoms with Crippen LogP contribution in [0.25, 0.3) is 0 Å². The fourth-order valence-electron chi connectivity index (χ4n) is 0.307. The zero-order chi connectivity index (χ0) is 9.02. The Bertz CT molecular complexity index is 177. The van der Waals surface area contributed by atoms with Crippen LogP contribution in [0.15, 0.2) is 20.5 Å². The summed E-state index contributed by atoms with van der Waals surface area (Å²) >= 11 is 21.6. The highest BCUT2D eigenvalue weighted by Crippen LogP contribution is 2.21. The summed E-state index contributed by atoms with van der Waals surface area (Å²) in [5.41, 5.74) is 0. The van der Waals surface area contributed by atoms with Gasteiger partial charge in [0.25, 0.3) is 0 Å². The van der Waals surface area contributed by atoms with Gasteiger partial charge in [-0.2, -0.15) is 0 Å². The number of hydrogen-bond acceptors (Lipinski definition) is 1. The van der Waals surface area contributed by atoms with E-state index in [2.05, 4.69) is 0 Å². The summed E-state index contributed by atoms with van der Waals surface area (Å²) < 4.78 is 5.11. The summed E-state index contributed by atoms with van der Waals surface area (Å²) in [4.78, 5) is 0. The monoisotopic (exact) mass is 234 g/mol. The average Bonchev–Trinajstić information content (AvgIpc) is 1.87. The van der Waals surface area contributed by atoms with Gasteiger partial charge in [-0.1, -0.05) is 46.4 Å². The van der Waals surface area contributed by atoms with E-state index in [0.29, 0.717) is 11.5 Å². The summed E-state index contributed by atoms with van der Waals surface area (Å²) in [6.07, 6.45) is 0. The molecule has 64 valence electrons. The van der Waals surface area contributed by atoms with Crippen molar-refractivity contribution in [3.63, 3.8) is 0 Å². The molecule has 0 heterocycles. The highest BCUT2D eigenvalue weighted by Gasteiger charge is 2.01. The van der Waals surface area contributed by atoms with Crippen molar-refractivity contribution < 1.29 is 4.74 Å². The van der Waals surface area contributed by atoms with Gasteiger partial charge < -0.3 is 4.74 Å². The predicted octanol–water partition coefficient (Wildman–Crippen LogP) is 4.34. The Morgan fingerprint density at radius 2 is 1.09 bits per heavy atom. The van der Waals surface area contributed by atoms with Crippen molar-refractivity contribution in [3.05, 3.63) is 20.5 Å². The van der Waals surface area contributed by atoms with E-state index in [1.165, 1.54) is 0 Å². The molecule has 0 atom stereocenters. The topological polar surface area (TPSA) is 9.23 Å². The van der Waals surface area contributed by atoms with Crippen molar-refractivity contribution in [2.24, 2.45) is 0 Å². The van der Waals surface area contributed by atoms with Crippen molar-refractivity contribution >= 4 is 46.4 Å². The molecule has 0 fully saturated rings. The zero-order valence-electron chi connectivity index (χ0n) is 5.92. The highest BCUT2D eigenvalue weighted by atomic mass is 35.5. The third kappa shape index (κ3) is 4.81. The molecule has 0 radical (unpaired) electrons. The van der Waals surface area contributed by atoms with Crippen LogP contribution in [0.4, 0.5) is 0 Å². The van der Waals surface area contributed by atoms with Gasteiger partial charge in [-0.3, -0.25) is 0 Å². The minimum Gasteiger partial charge on any atom is -0.462 e. The lowest BCUT2D eigenvalue weighted by molar-refractivity contribution is 0.309. The number of allylic oxidation sites excluding steroid dienone is 2. The van der Waals surface area contributed by atoms with Crippen LogP contribution in [-0.2, 0) is 4.74 Å². The van der Waals surface area contributed by atoms with E-state index in [1.807, 2.05) is 0 Å². The molecule has 0 saturated carbocycles. The maximum atomic E-state index is 5.39. The smallest absolute Gasteiger partial charge is 0.144 e. The van der Waals surface area contributed by atoms with Crippen molar-refractivity contribution in [2.75, 3.05) is 0 Å². The van der Waals surface area contributed by atoms with E-state index in [1.54, 1.807) is 13.8 Å². The number of rotatable bonds is 2. The van der Waals surface area contributed by atoms with Crippen LogP contribution in [0.1, 0.15) is 13.8 Å². The van der Waals surface area contributed by atoms with Crippen LogP contribution in [0, 0.1) is 0 Å². The molecule has 0 aromatic heterocycles. The number of halogens is 4. The molecule has 5 heteroatoms. The molecule has 0 unspecified atom stereocenters. The minimum absolute atomic E-state index is 0.0546. The maximum Gasteiger partial charge on any atom is 0.144 e. The lowest BCUT2D eigenvalue weighted by Crippen LogP contribution is -1.86. The Morgan fingerprint density at radius 1 is 0.818 bits per heavy atom. The Hall–Kier alpha value is 0.440. The standard InChI is InChI=1S/C6H6Cl4O/c1-3(5(7)8)11-4(2)6(9)10/h1-2H3. The van der Waals surface area contributed by atoms with Gasteiger partial charge in [-0.15, -0.1) is 0 Å². The fourth-order valence-corrected chi connectivity index (χ4v) is 0.461. The van der Waals surface area contributed by atoms with Gasteiger partial charge in [0.05, 0.1) is 0 Å². The molecular weight excluding hydrogens is 230 g/mol. The molecule has 0 rings (SSSR count). The quantitative estimate of drug-likeness (QED) is 0.648. The van der Waals surface area contributed by atoms with Crippen molar-refractivity contribution in [1.29, 1.82) is 0 Å². The van der Waals surface area contributed by atoms with Gasteiger partial charge in [-0.05, 0) is 13.8 Å². The number of ether oxygens (including phenoxy) is 1. The largest absolute Gasteiger partial charge is 0.462 e. The summed E-state index contributed by atoms with van der Waals surface area (Å²) in [5.74, 6) is 0.731. The summed E-state index contributed by atoms with van der Waals surface area (Å²) in [6.45, 7) is 3.21. The highest BCUT2D eigenvalue weighted by molar-refractivity contribution is 6.56.